The number of rotatable bonds is 5. The number of anilines is 2. The molecule has 6 nitrogen and oxygen atoms in total. The lowest BCUT2D eigenvalue weighted by Gasteiger charge is -2.24. The van der Waals surface area contributed by atoms with E-state index in [-0.39, 0.29) is 0 Å². The molecule has 140 valence electrons. The van der Waals surface area contributed by atoms with Crippen molar-refractivity contribution in [3.63, 3.8) is 0 Å². The number of nitrogens with zero attached hydrogens (tertiary/aromatic N) is 5. The Hall–Kier alpha value is -2.73. The van der Waals surface area contributed by atoms with Gasteiger partial charge in [0.25, 0.3) is 0 Å². The van der Waals surface area contributed by atoms with E-state index in [1.165, 1.54) is 12.0 Å². The lowest BCUT2D eigenvalue weighted by Crippen LogP contribution is -2.23. The molecule has 1 aliphatic rings. The van der Waals surface area contributed by atoms with Crippen LogP contribution in [0.3, 0.4) is 0 Å². The SMILES string of the molecule is Cc1cccnc1Nc1cccc([C@@H]2CCCN2Cc2cn(C)nc2C)n1. The third-order valence-corrected chi connectivity index (χ3v) is 5.22. The van der Waals surface area contributed by atoms with Crippen molar-refractivity contribution in [1.29, 1.82) is 0 Å². The molecular weight excluding hydrogens is 336 g/mol. The molecule has 0 aromatic carbocycles. The summed E-state index contributed by atoms with van der Waals surface area (Å²) in [6, 6.07) is 10.6. The minimum Gasteiger partial charge on any atom is -0.325 e. The summed E-state index contributed by atoms with van der Waals surface area (Å²) in [6.07, 6.45) is 6.26. The van der Waals surface area contributed by atoms with Gasteiger partial charge in [0.2, 0.25) is 0 Å². The summed E-state index contributed by atoms with van der Waals surface area (Å²) in [5, 5.41) is 7.84. The molecule has 4 heterocycles. The molecule has 3 aromatic rings. The van der Waals surface area contributed by atoms with Crippen molar-refractivity contribution in [2.45, 2.75) is 39.3 Å². The highest BCUT2D eigenvalue weighted by Crippen LogP contribution is 2.33. The van der Waals surface area contributed by atoms with E-state index in [9.17, 15) is 0 Å². The number of hydrogen-bond donors (Lipinski definition) is 1. The van der Waals surface area contributed by atoms with Gasteiger partial charge in [-0.2, -0.15) is 5.10 Å². The van der Waals surface area contributed by atoms with Crippen LogP contribution < -0.4 is 5.32 Å². The second-order valence-corrected chi connectivity index (χ2v) is 7.28. The van der Waals surface area contributed by atoms with E-state index in [2.05, 4.69) is 45.6 Å². The lowest BCUT2D eigenvalue weighted by molar-refractivity contribution is 0.244. The maximum absolute atomic E-state index is 4.90. The van der Waals surface area contributed by atoms with Crippen LogP contribution in [0, 0.1) is 13.8 Å². The van der Waals surface area contributed by atoms with Crippen molar-refractivity contribution < 1.29 is 0 Å². The molecule has 0 aliphatic carbocycles. The van der Waals surface area contributed by atoms with Crippen LogP contribution in [0.1, 0.15) is 41.4 Å². The summed E-state index contributed by atoms with van der Waals surface area (Å²) in [4.78, 5) is 11.8. The van der Waals surface area contributed by atoms with Gasteiger partial charge in [-0.25, -0.2) is 9.97 Å². The molecule has 1 atom stereocenters. The fraction of sp³-hybridized carbons (Fsp3) is 0.381. The molecule has 0 radical (unpaired) electrons. The molecule has 1 N–H and O–H groups in total. The van der Waals surface area contributed by atoms with Gasteiger partial charge in [0.1, 0.15) is 11.6 Å². The second kappa shape index (κ2) is 7.48. The number of likely N-dealkylation sites (tertiary alicyclic amines) is 1. The standard InChI is InChI=1S/C21H26N6/c1-15-7-5-11-22-21(15)24-20-10-4-8-18(23-20)19-9-6-12-27(19)14-17-13-26(3)25-16(17)2/h4-5,7-8,10-11,13,19H,6,9,12,14H2,1-3H3,(H,22,23,24)/t19-/m0/s1. The fourth-order valence-electron chi connectivity index (χ4n) is 3.82. The number of hydrogen-bond acceptors (Lipinski definition) is 5. The number of aromatic nitrogens is 4. The highest BCUT2D eigenvalue weighted by Gasteiger charge is 2.28. The Morgan fingerprint density at radius 2 is 2.07 bits per heavy atom. The van der Waals surface area contributed by atoms with Crippen LogP contribution in [-0.4, -0.2) is 31.2 Å². The van der Waals surface area contributed by atoms with E-state index in [0.29, 0.717) is 6.04 Å². The maximum Gasteiger partial charge on any atom is 0.134 e. The summed E-state index contributed by atoms with van der Waals surface area (Å²) in [7, 11) is 1.98. The Morgan fingerprint density at radius 3 is 2.85 bits per heavy atom. The molecule has 0 saturated carbocycles. The van der Waals surface area contributed by atoms with Crippen LogP contribution in [0.4, 0.5) is 11.6 Å². The van der Waals surface area contributed by atoms with Crippen LogP contribution in [0.15, 0.2) is 42.7 Å². The molecule has 1 saturated heterocycles. The Balaban J connectivity index is 1.53. The van der Waals surface area contributed by atoms with Gasteiger partial charge in [-0.15, -0.1) is 0 Å². The normalized spacial score (nSPS) is 17.4. The lowest BCUT2D eigenvalue weighted by atomic mass is 10.1. The topological polar surface area (TPSA) is 58.9 Å². The summed E-state index contributed by atoms with van der Waals surface area (Å²) >= 11 is 0. The average molecular weight is 362 g/mol. The summed E-state index contributed by atoms with van der Waals surface area (Å²) in [5.41, 5.74) is 4.63. The van der Waals surface area contributed by atoms with Crippen molar-refractivity contribution >= 4 is 11.6 Å². The van der Waals surface area contributed by atoms with E-state index in [1.807, 2.05) is 36.9 Å². The van der Waals surface area contributed by atoms with E-state index in [0.717, 1.165) is 48.1 Å². The van der Waals surface area contributed by atoms with Crippen molar-refractivity contribution in [2.75, 3.05) is 11.9 Å². The molecule has 1 fully saturated rings. The van der Waals surface area contributed by atoms with Gasteiger partial charge in [0, 0.05) is 31.5 Å². The van der Waals surface area contributed by atoms with Crippen LogP contribution in [0.5, 0.6) is 0 Å². The number of pyridine rings is 2. The average Bonchev–Trinajstić information content (AvgIpc) is 3.24. The zero-order valence-electron chi connectivity index (χ0n) is 16.2. The zero-order chi connectivity index (χ0) is 18.8. The Bertz CT molecular complexity index is 932. The molecule has 0 unspecified atom stereocenters. The van der Waals surface area contributed by atoms with Gasteiger partial charge in [0.15, 0.2) is 0 Å². The van der Waals surface area contributed by atoms with Crippen LogP contribution >= 0.6 is 0 Å². The molecule has 27 heavy (non-hydrogen) atoms. The smallest absolute Gasteiger partial charge is 0.134 e. The highest BCUT2D eigenvalue weighted by molar-refractivity contribution is 5.55. The van der Waals surface area contributed by atoms with Gasteiger partial charge in [-0.3, -0.25) is 9.58 Å². The fourth-order valence-corrected chi connectivity index (χ4v) is 3.82. The monoisotopic (exact) mass is 362 g/mol. The quantitative estimate of drug-likeness (QED) is 0.746. The summed E-state index contributed by atoms with van der Waals surface area (Å²) < 4.78 is 1.90. The predicted molar refractivity (Wildman–Crippen MR) is 107 cm³/mol. The molecule has 0 bridgehead atoms. The Labute approximate surface area is 160 Å². The number of aryl methyl sites for hydroxylation is 3. The van der Waals surface area contributed by atoms with Crippen LogP contribution in [0.2, 0.25) is 0 Å². The molecule has 3 aromatic heterocycles. The maximum atomic E-state index is 4.90. The summed E-state index contributed by atoms with van der Waals surface area (Å²) in [6.45, 7) is 6.15. The zero-order valence-corrected chi connectivity index (χ0v) is 16.2. The van der Waals surface area contributed by atoms with Crippen LogP contribution in [0.25, 0.3) is 0 Å². The van der Waals surface area contributed by atoms with Gasteiger partial charge >= 0.3 is 0 Å². The Morgan fingerprint density at radius 1 is 1.19 bits per heavy atom. The first kappa shape index (κ1) is 17.7. The van der Waals surface area contributed by atoms with Crippen LogP contribution in [-0.2, 0) is 13.6 Å². The van der Waals surface area contributed by atoms with Crippen molar-refractivity contribution in [1.82, 2.24) is 24.6 Å². The third kappa shape index (κ3) is 3.85. The van der Waals surface area contributed by atoms with E-state index in [1.54, 1.807) is 6.20 Å². The van der Waals surface area contributed by atoms with Crippen molar-refractivity contribution in [3.8, 4) is 0 Å². The third-order valence-electron chi connectivity index (χ3n) is 5.22. The van der Waals surface area contributed by atoms with Gasteiger partial charge in [-0.1, -0.05) is 12.1 Å². The summed E-state index contributed by atoms with van der Waals surface area (Å²) in [5.74, 6) is 1.70. The van der Waals surface area contributed by atoms with Crippen molar-refractivity contribution in [2.24, 2.45) is 7.05 Å². The second-order valence-electron chi connectivity index (χ2n) is 7.28. The molecule has 0 spiro atoms. The first-order chi connectivity index (χ1) is 13.1. The molecule has 4 rings (SSSR count). The van der Waals surface area contributed by atoms with E-state index < -0.39 is 0 Å². The minimum absolute atomic E-state index is 0.344. The molecule has 6 heteroatoms. The van der Waals surface area contributed by atoms with Gasteiger partial charge < -0.3 is 5.32 Å². The first-order valence-corrected chi connectivity index (χ1v) is 9.49. The number of nitrogens with one attached hydrogen (secondary N) is 1. The molecule has 0 amide bonds. The van der Waals surface area contributed by atoms with E-state index >= 15 is 0 Å². The molecular formula is C21H26N6. The molecule has 1 aliphatic heterocycles. The van der Waals surface area contributed by atoms with Crippen molar-refractivity contribution in [3.05, 3.63) is 65.2 Å². The first-order valence-electron chi connectivity index (χ1n) is 9.49. The Kier molecular flexibility index (Phi) is 4.90. The van der Waals surface area contributed by atoms with E-state index in [4.69, 9.17) is 4.98 Å². The highest BCUT2D eigenvalue weighted by atomic mass is 15.3. The van der Waals surface area contributed by atoms with Gasteiger partial charge in [0.05, 0.1) is 17.4 Å². The largest absolute Gasteiger partial charge is 0.325 e. The predicted octanol–water partition coefficient (Wildman–Crippen LogP) is 3.91. The minimum atomic E-state index is 0.344. The van der Waals surface area contributed by atoms with Gasteiger partial charge in [-0.05, 0) is 57.0 Å².